The summed E-state index contributed by atoms with van der Waals surface area (Å²) in [6.45, 7) is 0.264. The summed E-state index contributed by atoms with van der Waals surface area (Å²) in [5.74, 6) is 0.616. The summed E-state index contributed by atoms with van der Waals surface area (Å²) in [5, 5.41) is 8.51. The lowest BCUT2D eigenvalue weighted by atomic mass is 10.2. The van der Waals surface area contributed by atoms with E-state index in [0.717, 1.165) is 5.56 Å². The minimum absolute atomic E-state index is 0. The monoisotopic (exact) mass is 330 g/mol. The first-order valence-corrected chi connectivity index (χ1v) is 6.33. The van der Waals surface area contributed by atoms with Crippen molar-refractivity contribution in [3.05, 3.63) is 63.6 Å². The standard InChI is InChI=1S/C14H12Cl2N2O.ClH/c15-12-5-2-6-13(16)11(12)8-19-10-4-1-3-9(7-10)14(17)18;/h1-7H,8H2,(H3,17,18);1H. The molecule has 106 valence electrons. The lowest BCUT2D eigenvalue weighted by Crippen LogP contribution is -2.10. The van der Waals surface area contributed by atoms with Crippen molar-refractivity contribution >= 4 is 41.4 Å². The molecule has 0 heterocycles. The van der Waals surface area contributed by atoms with Crippen LogP contribution in [0.2, 0.25) is 10.0 Å². The number of rotatable bonds is 4. The molecule has 6 heteroatoms. The highest BCUT2D eigenvalue weighted by Gasteiger charge is 2.06. The Hall–Kier alpha value is -1.42. The van der Waals surface area contributed by atoms with E-state index in [9.17, 15) is 0 Å². The highest BCUT2D eigenvalue weighted by atomic mass is 35.5. The first-order valence-electron chi connectivity index (χ1n) is 5.58. The Labute approximate surface area is 133 Å². The number of amidine groups is 1. The molecule has 0 atom stereocenters. The molecule has 0 aromatic heterocycles. The molecule has 3 nitrogen and oxygen atoms in total. The summed E-state index contributed by atoms with van der Waals surface area (Å²) >= 11 is 12.1. The molecular formula is C14H13Cl3N2O. The second-order valence-electron chi connectivity index (χ2n) is 3.93. The largest absolute Gasteiger partial charge is 0.489 e. The van der Waals surface area contributed by atoms with Gasteiger partial charge in [-0.1, -0.05) is 41.4 Å². The van der Waals surface area contributed by atoms with Crippen molar-refractivity contribution in [1.82, 2.24) is 0 Å². The quantitative estimate of drug-likeness (QED) is 0.649. The first kappa shape index (κ1) is 16.6. The van der Waals surface area contributed by atoms with Crippen LogP contribution in [0.25, 0.3) is 0 Å². The predicted octanol–water partition coefficient (Wildman–Crippen LogP) is 4.28. The van der Waals surface area contributed by atoms with Gasteiger partial charge in [0.1, 0.15) is 18.2 Å². The Kier molecular flexibility index (Phi) is 6.14. The van der Waals surface area contributed by atoms with Crippen LogP contribution in [0.1, 0.15) is 11.1 Å². The third-order valence-electron chi connectivity index (χ3n) is 2.59. The van der Waals surface area contributed by atoms with Gasteiger partial charge in [0, 0.05) is 21.2 Å². The zero-order chi connectivity index (χ0) is 13.8. The fourth-order valence-corrected chi connectivity index (χ4v) is 2.09. The highest BCUT2D eigenvalue weighted by molar-refractivity contribution is 6.35. The van der Waals surface area contributed by atoms with Gasteiger partial charge in [0.25, 0.3) is 0 Å². The van der Waals surface area contributed by atoms with Gasteiger partial charge in [0.2, 0.25) is 0 Å². The summed E-state index contributed by atoms with van der Waals surface area (Å²) < 4.78 is 5.62. The van der Waals surface area contributed by atoms with Gasteiger partial charge in [0.15, 0.2) is 0 Å². The van der Waals surface area contributed by atoms with Crippen LogP contribution in [0.3, 0.4) is 0 Å². The molecule has 0 fully saturated rings. The van der Waals surface area contributed by atoms with Gasteiger partial charge >= 0.3 is 0 Å². The predicted molar refractivity (Wildman–Crippen MR) is 85.5 cm³/mol. The molecule has 0 radical (unpaired) electrons. The molecule has 0 unspecified atom stereocenters. The maximum Gasteiger partial charge on any atom is 0.122 e. The number of nitrogens with two attached hydrogens (primary N) is 1. The zero-order valence-corrected chi connectivity index (χ0v) is 12.7. The molecule has 2 rings (SSSR count). The van der Waals surface area contributed by atoms with Crippen LogP contribution in [0, 0.1) is 5.41 Å². The summed E-state index contributed by atoms with van der Waals surface area (Å²) in [6, 6.07) is 12.3. The molecule has 20 heavy (non-hydrogen) atoms. The second kappa shape index (κ2) is 7.39. The van der Waals surface area contributed by atoms with E-state index < -0.39 is 0 Å². The van der Waals surface area contributed by atoms with Crippen LogP contribution in [0.5, 0.6) is 5.75 Å². The summed E-state index contributed by atoms with van der Waals surface area (Å²) in [6.07, 6.45) is 0. The fraction of sp³-hybridized carbons (Fsp3) is 0.0714. The molecule has 0 aliphatic carbocycles. The number of benzene rings is 2. The molecule has 2 aromatic carbocycles. The molecule has 2 aromatic rings. The van der Waals surface area contributed by atoms with Gasteiger partial charge in [-0.3, -0.25) is 5.41 Å². The summed E-state index contributed by atoms with van der Waals surface area (Å²) in [4.78, 5) is 0. The van der Waals surface area contributed by atoms with Crippen molar-refractivity contribution in [3.63, 3.8) is 0 Å². The van der Waals surface area contributed by atoms with Crippen molar-refractivity contribution < 1.29 is 4.74 Å². The molecule has 0 bridgehead atoms. The van der Waals surface area contributed by atoms with Gasteiger partial charge < -0.3 is 10.5 Å². The molecule has 3 N–H and O–H groups in total. The fourth-order valence-electron chi connectivity index (χ4n) is 1.58. The van der Waals surface area contributed by atoms with Crippen LogP contribution < -0.4 is 10.5 Å². The van der Waals surface area contributed by atoms with E-state index in [1.807, 2.05) is 0 Å². The van der Waals surface area contributed by atoms with Crippen molar-refractivity contribution in [2.24, 2.45) is 5.73 Å². The summed E-state index contributed by atoms with van der Waals surface area (Å²) in [5.41, 5.74) is 6.77. The van der Waals surface area contributed by atoms with Crippen LogP contribution in [-0.2, 0) is 6.61 Å². The molecule has 0 spiro atoms. The van der Waals surface area contributed by atoms with E-state index in [4.69, 9.17) is 39.1 Å². The molecule has 0 saturated heterocycles. The van der Waals surface area contributed by atoms with E-state index in [1.165, 1.54) is 0 Å². The van der Waals surface area contributed by atoms with E-state index in [0.29, 0.717) is 21.4 Å². The molecule has 0 aliphatic heterocycles. The lowest BCUT2D eigenvalue weighted by molar-refractivity contribution is 0.306. The normalized spacial score (nSPS) is 9.70. The topological polar surface area (TPSA) is 59.1 Å². The van der Waals surface area contributed by atoms with Crippen LogP contribution in [-0.4, -0.2) is 5.84 Å². The smallest absolute Gasteiger partial charge is 0.122 e. The van der Waals surface area contributed by atoms with Gasteiger partial charge in [-0.2, -0.15) is 0 Å². The first-order chi connectivity index (χ1) is 9.08. The summed E-state index contributed by atoms with van der Waals surface area (Å²) in [7, 11) is 0. The highest BCUT2D eigenvalue weighted by Crippen LogP contribution is 2.26. The molecule has 0 aliphatic rings. The van der Waals surface area contributed by atoms with Crippen LogP contribution in [0.4, 0.5) is 0 Å². The third kappa shape index (κ3) is 4.04. The van der Waals surface area contributed by atoms with E-state index in [2.05, 4.69) is 0 Å². The third-order valence-corrected chi connectivity index (χ3v) is 3.30. The Morgan fingerprint density at radius 3 is 2.30 bits per heavy atom. The van der Waals surface area contributed by atoms with E-state index in [-0.39, 0.29) is 24.8 Å². The minimum Gasteiger partial charge on any atom is -0.489 e. The van der Waals surface area contributed by atoms with Gasteiger partial charge in [-0.25, -0.2) is 0 Å². The molecule has 0 amide bonds. The SMILES string of the molecule is Cl.N=C(N)c1cccc(OCc2c(Cl)cccc2Cl)c1. The molecular weight excluding hydrogens is 319 g/mol. The number of halogens is 3. The zero-order valence-electron chi connectivity index (χ0n) is 10.4. The van der Waals surface area contributed by atoms with E-state index >= 15 is 0 Å². The number of nitrogen functional groups attached to an aromatic ring is 1. The maximum absolute atomic E-state index is 7.38. The number of nitrogens with one attached hydrogen (secondary N) is 1. The van der Waals surface area contributed by atoms with Crippen molar-refractivity contribution in [1.29, 1.82) is 5.41 Å². The van der Waals surface area contributed by atoms with E-state index in [1.54, 1.807) is 42.5 Å². The second-order valence-corrected chi connectivity index (χ2v) is 4.74. The lowest BCUT2D eigenvalue weighted by Gasteiger charge is -2.10. The minimum atomic E-state index is 0. The average Bonchev–Trinajstić information content (AvgIpc) is 2.38. The van der Waals surface area contributed by atoms with Gasteiger partial charge in [-0.15, -0.1) is 12.4 Å². The molecule has 0 saturated carbocycles. The van der Waals surface area contributed by atoms with Gasteiger partial charge in [0.05, 0.1) is 0 Å². The van der Waals surface area contributed by atoms with Crippen molar-refractivity contribution in [2.75, 3.05) is 0 Å². The number of ether oxygens (including phenoxy) is 1. The van der Waals surface area contributed by atoms with Gasteiger partial charge in [-0.05, 0) is 24.3 Å². The van der Waals surface area contributed by atoms with Crippen molar-refractivity contribution in [2.45, 2.75) is 6.61 Å². The Bertz CT molecular complexity index is 597. The average molecular weight is 332 g/mol. The number of hydrogen-bond donors (Lipinski definition) is 2. The number of hydrogen-bond acceptors (Lipinski definition) is 2. The Morgan fingerprint density at radius 1 is 1.10 bits per heavy atom. The van der Waals surface area contributed by atoms with Crippen molar-refractivity contribution in [3.8, 4) is 5.75 Å². The van der Waals surface area contributed by atoms with Crippen LogP contribution in [0.15, 0.2) is 42.5 Å². The Balaban J connectivity index is 0.00000200. The van der Waals surface area contributed by atoms with Crippen LogP contribution >= 0.6 is 35.6 Å². The maximum atomic E-state index is 7.38. The Morgan fingerprint density at radius 2 is 1.70 bits per heavy atom.